The molecule has 0 radical (unpaired) electrons. The zero-order chi connectivity index (χ0) is 31.6. The highest BCUT2D eigenvalue weighted by atomic mass is 28.4. The number of hydrogen-bond donors (Lipinski definition) is 1. The molecule has 1 saturated heterocycles. The highest BCUT2D eigenvalue weighted by Crippen LogP contribution is 2.38. The van der Waals surface area contributed by atoms with Crippen molar-refractivity contribution in [1.29, 1.82) is 0 Å². The van der Waals surface area contributed by atoms with Crippen molar-refractivity contribution in [2.45, 2.75) is 77.7 Å². The summed E-state index contributed by atoms with van der Waals surface area (Å²) in [4.78, 5) is 31.0. The fourth-order valence-corrected chi connectivity index (χ4v) is 5.96. The number of ether oxygens (including phenoxy) is 2. The van der Waals surface area contributed by atoms with Gasteiger partial charge in [-0.3, -0.25) is 0 Å². The van der Waals surface area contributed by atoms with Gasteiger partial charge in [-0.25, -0.2) is 9.59 Å². The number of carbonyl (C=O) groups is 2. The molecule has 0 bridgehead atoms. The molecule has 2 heterocycles. The quantitative estimate of drug-likeness (QED) is 0.231. The summed E-state index contributed by atoms with van der Waals surface area (Å²) >= 11 is 0. The molecule has 1 amide bonds. The second kappa shape index (κ2) is 12.6. The van der Waals surface area contributed by atoms with E-state index < -0.39 is 19.9 Å². The maximum absolute atomic E-state index is 12.8. The number of benzene rings is 2. The van der Waals surface area contributed by atoms with Crippen LogP contribution >= 0.6 is 0 Å². The summed E-state index contributed by atoms with van der Waals surface area (Å²) in [5.41, 5.74) is 1.13. The molecular weight excluding hydrogens is 562 g/mol. The molecule has 43 heavy (non-hydrogen) atoms. The molecule has 234 valence electrons. The lowest BCUT2D eigenvalue weighted by molar-refractivity contribution is -0.135. The Bertz CT molecular complexity index is 1310. The minimum absolute atomic E-state index is 0.118. The van der Waals surface area contributed by atoms with Gasteiger partial charge in [-0.2, -0.15) is 0 Å². The highest BCUT2D eigenvalue weighted by molar-refractivity contribution is 6.74. The number of carboxylic acid groups (broad SMARTS) is 1. The monoisotopic (exact) mass is 609 g/mol. The van der Waals surface area contributed by atoms with Crippen molar-refractivity contribution < 1.29 is 28.6 Å². The van der Waals surface area contributed by atoms with Gasteiger partial charge in [0.05, 0.1) is 18.4 Å². The lowest BCUT2D eigenvalue weighted by Gasteiger charge is -2.45. The van der Waals surface area contributed by atoms with Crippen LogP contribution in [0.2, 0.25) is 18.1 Å². The Labute approximate surface area is 257 Å². The van der Waals surface area contributed by atoms with E-state index in [1.165, 1.54) is 0 Å². The van der Waals surface area contributed by atoms with E-state index in [1.807, 2.05) is 80.3 Å². The van der Waals surface area contributed by atoms with Crippen LogP contribution in [0.15, 0.2) is 60.3 Å². The zero-order valence-electron chi connectivity index (χ0n) is 26.8. The van der Waals surface area contributed by atoms with Gasteiger partial charge in [0.1, 0.15) is 22.8 Å². The lowest BCUT2D eigenvalue weighted by Crippen LogP contribution is -2.61. The normalized spacial score (nSPS) is 16.4. The first-order valence-corrected chi connectivity index (χ1v) is 17.9. The molecule has 0 atom stereocenters. The van der Waals surface area contributed by atoms with Gasteiger partial charge in [0, 0.05) is 31.8 Å². The smallest absolute Gasteiger partial charge is 0.410 e. The van der Waals surface area contributed by atoms with Crippen LogP contribution in [-0.2, 0) is 14.0 Å². The fraction of sp³-hybridized carbons (Fsp3) is 0.515. The number of carboxylic acids is 1. The van der Waals surface area contributed by atoms with Crippen LogP contribution in [-0.4, -0.2) is 84.7 Å². The first-order valence-electron chi connectivity index (χ1n) is 15.0. The number of nitrogens with zero attached hydrogens (tertiary/aromatic N) is 3. The van der Waals surface area contributed by atoms with Crippen molar-refractivity contribution in [3.05, 3.63) is 65.9 Å². The third-order valence-electron chi connectivity index (χ3n) is 8.26. The van der Waals surface area contributed by atoms with Crippen molar-refractivity contribution in [2.75, 3.05) is 32.9 Å². The van der Waals surface area contributed by atoms with Crippen LogP contribution in [0.3, 0.4) is 0 Å². The summed E-state index contributed by atoms with van der Waals surface area (Å²) in [5, 5.41) is 10.6. The number of amides is 1. The van der Waals surface area contributed by atoms with Crippen LogP contribution in [0, 0.1) is 0 Å². The molecule has 0 unspecified atom stereocenters. The minimum Gasteiger partial charge on any atom is -0.477 e. The molecule has 2 aromatic rings. The van der Waals surface area contributed by atoms with E-state index in [4.69, 9.17) is 13.9 Å². The van der Waals surface area contributed by atoms with Gasteiger partial charge < -0.3 is 33.7 Å². The maximum Gasteiger partial charge on any atom is 0.410 e. The van der Waals surface area contributed by atoms with E-state index in [2.05, 4.69) is 38.8 Å². The van der Waals surface area contributed by atoms with Crippen LogP contribution < -0.4 is 4.74 Å². The van der Waals surface area contributed by atoms with Crippen molar-refractivity contribution >= 4 is 26.1 Å². The number of rotatable bonds is 10. The van der Waals surface area contributed by atoms with E-state index in [-0.39, 0.29) is 22.9 Å². The van der Waals surface area contributed by atoms with Gasteiger partial charge in [0.2, 0.25) is 0 Å². The van der Waals surface area contributed by atoms with E-state index >= 15 is 0 Å². The summed E-state index contributed by atoms with van der Waals surface area (Å²) in [5.74, 6) is 0.412. The number of hydrogen-bond acceptors (Lipinski definition) is 7. The van der Waals surface area contributed by atoms with Gasteiger partial charge in [0.15, 0.2) is 8.32 Å². The summed E-state index contributed by atoms with van der Waals surface area (Å²) in [6.07, 6.45) is 0.387. The topological polar surface area (TPSA) is 91.8 Å². The zero-order valence-corrected chi connectivity index (χ0v) is 27.8. The molecule has 2 aliphatic heterocycles. The molecule has 2 aromatic carbocycles. The Balaban J connectivity index is 1.55. The van der Waals surface area contributed by atoms with Crippen LogP contribution in [0.5, 0.6) is 11.5 Å². The van der Waals surface area contributed by atoms with Crippen molar-refractivity contribution in [1.82, 2.24) is 14.7 Å². The third kappa shape index (κ3) is 7.91. The average Bonchev–Trinajstić information content (AvgIpc) is 3.24. The minimum atomic E-state index is -1.89. The first kappa shape index (κ1) is 32.4. The SMILES string of the molecule is CC(C)(C)OC(=O)N1CC(N2CN(CCCO[Si](C)(C)C(C)(C)C)C(c3ccc(Oc4ccccc4)cc3)=C2C(=O)O)C1. The molecule has 4 rings (SSSR count). The Hall–Kier alpha value is -3.50. The fourth-order valence-electron chi connectivity index (χ4n) is 4.87. The maximum atomic E-state index is 12.8. The van der Waals surface area contributed by atoms with Crippen molar-refractivity contribution in [2.24, 2.45) is 0 Å². The number of para-hydroxylation sites is 1. The second-order valence-corrected chi connectivity index (χ2v) is 18.6. The number of likely N-dealkylation sites (tertiary alicyclic amines) is 1. The molecule has 1 fully saturated rings. The van der Waals surface area contributed by atoms with Gasteiger partial charge in [-0.15, -0.1) is 0 Å². The van der Waals surface area contributed by atoms with Gasteiger partial charge >= 0.3 is 12.1 Å². The molecule has 0 saturated carbocycles. The summed E-state index contributed by atoms with van der Waals surface area (Å²) in [6.45, 7) is 19.2. The molecule has 0 aliphatic carbocycles. The van der Waals surface area contributed by atoms with Crippen molar-refractivity contribution in [3.8, 4) is 11.5 Å². The van der Waals surface area contributed by atoms with Crippen LogP contribution in [0.4, 0.5) is 4.79 Å². The molecule has 10 heteroatoms. The van der Waals surface area contributed by atoms with Crippen LogP contribution in [0.1, 0.15) is 53.5 Å². The Morgan fingerprint density at radius 3 is 2.09 bits per heavy atom. The first-order chi connectivity index (χ1) is 20.1. The molecular formula is C33H47N3O6Si. The van der Waals surface area contributed by atoms with E-state index in [1.54, 1.807) is 4.90 Å². The third-order valence-corrected chi connectivity index (χ3v) is 12.8. The standard InChI is InChI=1S/C33H47N3O6Si/c1-32(2,3)42-31(39)35-21-25(22-35)36-23-34(19-12-20-40-43(7,8)33(4,5)6)28(29(36)30(37)38)24-15-17-27(18-16-24)41-26-13-10-9-11-14-26/h9-11,13-18,25H,12,19-23H2,1-8H3,(H,37,38). The van der Waals surface area contributed by atoms with E-state index in [0.29, 0.717) is 44.4 Å². The molecule has 1 N–H and O–H groups in total. The lowest BCUT2D eigenvalue weighted by atomic mass is 10.1. The van der Waals surface area contributed by atoms with E-state index in [0.717, 1.165) is 17.7 Å². The van der Waals surface area contributed by atoms with Crippen molar-refractivity contribution in [3.63, 3.8) is 0 Å². The summed E-state index contributed by atoms with van der Waals surface area (Å²) < 4.78 is 17.9. The molecule has 0 spiro atoms. The van der Waals surface area contributed by atoms with Gasteiger partial charge in [-0.05, 0) is 81.7 Å². The van der Waals surface area contributed by atoms with Crippen LogP contribution in [0.25, 0.3) is 5.70 Å². The Morgan fingerprint density at radius 2 is 1.53 bits per heavy atom. The predicted octanol–water partition coefficient (Wildman–Crippen LogP) is 6.84. The van der Waals surface area contributed by atoms with Gasteiger partial charge in [0.25, 0.3) is 0 Å². The Kier molecular flexibility index (Phi) is 9.51. The predicted molar refractivity (Wildman–Crippen MR) is 170 cm³/mol. The molecule has 0 aromatic heterocycles. The largest absolute Gasteiger partial charge is 0.477 e. The number of carbonyl (C=O) groups excluding carboxylic acids is 1. The van der Waals surface area contributed by atoms with Gasteiger partial charge in [-0.1, -0.05) is 39.0 Å². The second-order valence-electron chi connectivity index (χ2n) is 13.8. The summed E-state index contributed by atoms with van der Waals surface area (Å²) in [6, 6.07) is 17.0. The average molecular weight is 610 g/mol. The molecule has 2 aliphatic rings. The number of aliphatic carboxylic acids is 1. The van der Waals surface area contributed by atoms with E-state index in [9.17, 15) is 14.7 Å². The Morgan fingerprint density at radius 1 is 0.930 bits per heavy atom. The molecule has 9 nitrogen and oxygen atoms in total. The summed E-state index contributed by atoms with van der Waals surface area (Å²) in [7, 11) is -1.89. The highest BCUT2D eigenvalue weighted by Gasteiger charge is 2.44.